The summed E-state index contributed by atoms with van der Waals surface area (Å²) in [6.07, 6.45) is 5.38. The number of hydrogen-bond donors (Lipinski definition) is 0. The van der Waals surface area contributed by atoms with Gasteiger partial charge in [0.1, 0.15) is 5.82 Å². The smallest absolute Gasteiger partial charge is 0.227 e. The van der Waals surface area contributed by atoms with Crippen LogP contribution < -0.4 is 9.80 Å². The molecule has 1 aromatic heterocycles. The van der Waals surface area contributed by atoms with Gasteiger partial charge in [0, 0.05) is 57.4 Å². The number of anilines is 2. The summed E-state index contributed by atoms with van der Waals surface area (Å²) < 4.78 is 0. The van der Waals surface area contributed by atoms with E-state index in [4.69, 9.17) is 9.97 Å². The van der Waals surface area contributed by atoms with Gasteiger partial charge in [-0.2, -0.15) is 4.98 Å². The van der Waals surface area contributed by atoms with Gasteiger partial charge in [-0.3, -0.25) is 9.80 Å². The zero-order valence-corrected chi connectivity index (χ0v) is 17.0. The zero-order valence-electron chi connectivity index (χ0n) is 17.0. The summed E-state index contributed by atoms with van der Waals surface area (Å²) in [4.78, 5) is 20.4. The molecule has 27 heavy (non-hydrogen) atoms. The highest BCUT2D eigenvalue weighted by atomic mass is 15.4. The molecular formula is C21H34N6. The highest BCUT2D eigenvalue weighted by molar-refractivity contribution is 5.48. The second kappa shape index (κ2) is 7.21. The van der Waals surface area contributed by atoms with Gasteiger partial charge in [0.25, 0.3) is 0 Å². The van der Waals surface area contributed by atoms with Crippen LogP contribution in [0.2, 0.25) is 0 Å². The van der Waals surface area contributed by atoms with Crippen LogP contribution in [0.4, 0.5) is 11.8 Å². The Morgan fingerprint density at radius 1 is 0.815 bits per heavy atom. The van der Waals surface area contributed by atoms with Crippen LogP contribution in [0.3, 0.4) is 0 Å². The summed E-state index contributed by atoms with van der Waals surface area (Å²) in [5, 5.41) is 0. The van der Waals surface area contributed by atoms with Crippen LogP contribution in [-0.2, 0) is 0 Å². The van der Waals surface area contributed by atoms with E-state index in [2.05, 4.69) is 39.5 Å². The summed E-state index contributed by atoms with van der Waals surface area (Å²) >= 11 is 0. The number of nitrogens with zero attached hydrogens (tertiary/aromatic N) is 6. The molecular weight excluding hydrogens is 336 g/mol. The van der Waals surface area contributed by atoms with Gasteiger partial charge >= 0.3 is 0 Å². The zero-order chi connectivity index (χ0) is 18.4. The number of fused-ring (bicyclic) bond motifs is 2. The summed E-state index contributed by atoms with van der Waals surface area (Å²) in [5.41, 5.74) is 1.19. The lowest BCUT2D eigenvalue weighted by Gasteiger charge is -2.40. The highest BCUT2D eigenvalue weighted by Gasteiger charge is 2.34. The Morgan fingerprint density at radius 3 is 2.11 bits per heavy atom. The molecule has 4 aliphatic heterocycles. The first-order chi connectivity index (χ1) is 13.2. The maximum Gasteiger partial charge on any atom is 0.227 e. The van der Waals surface area contributed by atoms with E-state index in [1.165, 1.54) is 51.0 Å². The molecule has 6 nitrogen and oxygen atoms in total. The molecule has 0 radical (unpaired) electrons. The lowest BCUT2D eigenvalue weighted by molar-refractivity contribution is 0.228. The first-order valence-electron chi connectivity index (χ1n) is 11.0. The quantitative estimate of drug-likeness (QED) is 0.812. The predicted octanol–water partition coefficient (Wildman–Crippen LogP) is 2.17. The molecule has 5 rings (SSSR count). The molecule has 0 amide bonds. The minimum Gasteiger partial charge on any atom is -0.354 e. The van der Waals surface area contributed by atoms with Crippen LogP contribution in [0, 0.1) is 0 Å². The number of piperazine rings is 2. The molecule has 1 aromatic rings. The lowest BCUT2D eigenvalue weighted by atomic mass is 10.1. The monoisotopic (exact) mass is 370 g/mol. The third kappa shape index (κ3) is 3.42. The normalized spacial score (nSPS) is 29.4. The average Bonchev–Trinajstić information content (AvgIpc) is 3.35. The van der Waals surface area contributed by atoms with E-state index >= 15 is 0 Å². The van der Waals surface area contributed by atoms with Crippen molar-refractivity contribution in [3.05, 3.63) is 11.8 Å². The largest absolute Gasteiger partial charge is 0.354 e. The van der Waals surface area contributed by atoms with Crippen LogP contribution in [0.25, 0.3) is 0 Å². The molecule has 148 valence electrons. The van der Waals surface area contributed by atoms with Crippen molar-refractivity contribution in [2.75, 3.05) is 62.2 Å². The van der Waals surface area contributed by atoms with Crippen molar-refractivity contribution in [3.63, 3.8) is 0 Å². The van der Waals surface area contributed by atoms with Crippen molar-refractivity contribution in [3.8, 4) is 0 Å². The first-order valence-corrected chi connectivity index (χ1v) is 11.0. The molecule has 4 aliphatic rings. The molecule has 0 N–H and O–H groups in total. The van der Waals surface area contributed by atoms with E-state index in [0.717, 1.165) is 50.5 Å². The van der Waals surface area contributed by atoms with E-state index in [1.54, 1.807) is 0 Å². The van der Waals surface area contributed by atoms with Crippen molar-refractivity contribution in [2.24, 2.45) is 0 Å². The van der Waals surface area contributed by atoms with Gasteiger partial charge in [-0.25, -0.2) is 4.98 Å². The highest BCUT2D eigenvalue weighted by Crippen LogP contribution is 2.29. The number of aromatic nitrogens is 2. The van der Waals surface area contributed by atoms with Gasteiger partial charge in [-0.1, -0.05) is 13.8 Å². The van der Waals surface area contributed by atoms with Gasteiger partial charge in [0.15, 0.2) is 0 Å². The summed E-state index contributed by atoms with van der Waals surface area (Å²) in [7, 11) is 0. The van der Waals surface area contributed by atoms with Crippen LogP contribution >= 0.6 is 0 Å². The van der Waals surface area contributed by atoms with Gasteiger partial charge in [-0.15, -0.1) is 0 Å². The van der Waals surface area contributed by atoms with Gasteiger partial charge < -0.3 is 9.80 Å². The Labute approximate surface area is 163 Å². The van der Waals surface area contributed by atoms with Crippen molar-refractivity contribution in [1.29, 1.82) is 0 Å². The fraction of sp³-hybridized carbons (Fsp3) is 0.810. The fourth-order valence-electron chi connectivity index (χ4n) is 5.41. The molecule has 0 bridgehead atoms. The van der Waals surface area contributed by atoms with Gasteiger partial charge in [0.05, 0.1) is 5.69 Å². The SMILES string of the molecule is CC(C)c1cc(N2CCN3CCCC3C2)nc(N2CCN3CCCC3C2)n1. The van der Waals surface area contributed by atoms with E-state index in [9.17, 15) is 0 Å². The Hall–Kier alpha value is -1.40. The molecule has 0 aromatic carbocycles. The Kier molecular flexibility index (Phi) is 4.72. The summed E-state index contributed by atoms with van der Waals surface area (Å²) in [6, 6.07) is 3.68. The second-order valence-corrected chi connectivity index (χ2v) is 9.16. The van der Waals surface area contributed by atoms with Crippen LogP contribution in [-0.4, -0.2) is 84.2 Å². The minimum atomic E-state index is 0.436. The number of hydrogen-bond acceptors (Lipinski definition) is 6. The summed E-state index contributed by atoms with van der Waals surface area (Å²) in [5.74, 6) is 2.56. The minimum absolute atomic E-state index is 0.436. The average molecular weight is 371 g/mol. The third-order valence-corrected chi connectivity index (χ3v) is 7.09. The Balaban J connectivity index is 1.40. The van der Waals surface area contributed by atoms with Crippen molar-refractivity contribution >= 4 is 11.8 Å². The van der Waals surface area contributed by atoms with Crippen molar-refractivity contribution in [1.82, 2.24) is 19.8 Å². The van der Waals surface area contributed by atoms with Crippen molar-refractivity contribution < 1.29 is 0 Å². The van der Waals surface area contributed by atoms with Crippen LogP contribution in [0.1, 0.15) is 51.1 Å². The van der Waals surface area contributed by atoms with Gasteiger partial charge in [0.2, 0.25) is 5.95 Å². The first kappa shape index (κ1) is 17.7. The van der Waals surface area contributed by atoms with Crippen LogP contribution in [0.15, 0.2) is 6.07 Å². The van der Waals surface area contributed by atoms with Crippen molar-refractivity contribution in [2.45, 2.75) is 57.5 Å². The van der Waals surface area contributed by atoms with Gasteiger partial charge in [-0.05, 0) is 44.7 Å². The third-order valence-electron chi connectivity index (χ3n) is 7.09. The predicted molar refractivity (Wildman–Crippen MR) is 110 cm³/mol. The molecule has 2 unspecified atom stereocenters. The molecule has 0 spiro atoms. The summed E-state index contributed by atoms with van der Waals surface area (Å²) in [6.45, 7) is 13.8. The number of rotatable bonds is 3. The van der Waals surface area contributed by atoms with E-state index in [1.807, 2.05) is 0 Å². The van der Waals surface area contributed by atoms with E-state index < -0.39 is 0 Å². The second-order valence-electron chi connectivity index (χ2n) is 9.16. The van der Waals surface area contributed by atoms with E-state index in [0.29, 0.717) is 12.0 Å². The Bertz CT molecular complexity index is 626. The molecule has 0 aliphatic carbocycles. The topological polar surface area (TPSA) is 38.7 Å². The molecule has 4 saturated heterocycles. The molecule has 4 fully saturated rings. The standard InChI is InChI=1S/C21H34N6/c1-16(2)19-13-20(26-11-9-24-7-3-5-17(24)14-26)23-21(22-19)27-12-10-25-8-4-6-18(25)15-27/h13,16-18H,3-12,14-15H2,1-2H3. The molecule has 5 heterocycles. The molecule has 2 atom stereocenters. The maximum absolute atomic E-state index is 5.10. The Morgan fingerprint density at radius 2 is 1.44 bits per heavy atom. The fourth-order valence-corrected chi connectivity index (χ4v) is 5.41. The van der Waals surface area contributed by atoms with Crippen LogP contribution in [0.5, 0.6) is 0 Å². The van der Waals surface area contributed by atoms with E-state index in [-0.39, 0.29) is 0 Å². The molecule has 6 heteroatoms. The molecule has 0 saturated carbocycles. The maximum atomic E-state index is 5.10. The lowest BCUT2D eigenvalue weighted by Crippen LogP contribution is -2.51.